The molecule has 0 aliphatic rings. The van der Waals surface area contributed by atoms with E-state index in [1.165, 1.54) is 6.07 Å². The van der Waals surface area contributed by atoms with E-state index in [0.29, 0.717) is 34.8 Å². The Hall–Kier alpha value is -2.51. The number of H-pyrrole nitrogens is 1. The molecule has 136 valence electrons. The van der Waals surface area contributed by atoms with E-state index in [1.807, 2.05) is 18.0 Å². The summed E-state index contributed by atoms with van der Waals surface area (Å²) in [5.74, 6) is 0.618. The van der Waals surface area contributed by atoms with Crippen LogP contribution in [0, 0.1) is 0 Å². The van der Waals surface area contributed by atoms with Crippen LogP contribution >= 0.6 is 11.6 Å². The Kier molecular flexibility index (Phi) is 5.49. The number of ether oxygens (including phenoxy) is 1. The molecular weight excluding hydrogens is 364 g/mol. The molecule has 1 aromatic heterocycles. The SMILES string of the molecule is CN(Cc1cccc(OC(F)F)c1)Cc1nc2ccc(Cl)cc2c(=O)[nH]1. The highest BCUT2D eigenvalue weighted by Crippen LogP contribution is 2.18. The van der Waals surface area contributed by atoms with Crippen molar-refractivity contribution >= 4 is 22.5 Å². The zero-order chi connectivity index (χ0) is 18.7. The molecule has 0 unspecified atom stereocenters. The zero-order valence-corrected chi connectivity index (χ0v) is 14.6. The van der Waals surface area contributed by atoms with Crippen molar-refractivity contribution in [1.82, 2.24) is 14.9 Å². The van der Waals surface area contributed by atoms with Crippen LogP contribution in [-0.2, 0) is 13.1 Å². The summed E-state index contributed by atoms with van der Waals surface area (Å²) < 4.78 is 29.0. The van der Waals surface area contributed by atoms with E-state index in [4.69, 9.17) is 11.6 Å². The average molecular weight is 380 g/mol. The van der Waals surface area contributed by atoms with E-state index < -0.39 is 6.61 Å². The van der Waals surface area contributed by atoms with E-state index in [1.54, 1.807) is 30.3 Å². The van der Waals surface area contributed by atoms with Crippen LogP contribution in [0.3, 0.4) is 0 Å². The molecule has 0 saturated carbocycles. The maximum atomic E-state index is 12.3. The van der Waals surface area contributed by atoms with Gasteiger partial charge in [-0.15, -0.1) is 0 Å². The Bertz CT molecular complexity index is 978. The number of alkyl halides is 2. The molecule has 0 aliphatic carbocycles. The molecule has 5 nitrogen and oxygen atoms in total. The number of aromatic nitrogens is 2. The van der Waals surface area contributed by atoms with Crippen molar-refractivity contribution in [3.05, 3.63) is 69.2 Å². The number of rotatable bonds is 6. The third-order valence-corrected chi connectivity index (χ3v) is 3.95. The van der Waals surface area contributed by atoms with Crippen LogP contribution in [0.25, 0.3) is 10.9 Å². The number of nitrogens with one attached hydrogen (secondary N) is 1. The van der Waals surface area contributed by atoms with Crippen LogP contribution in [0.5, 0.6) is 5.75 Å². The lowest BCUT2D eigenvalue weighted by molar-refractivity contribution is -0.0499. The van der Waals surface area contributed by atoms with Gasteiger partial charge in [0.2, 0.25) is 0 Å². The van der Waals surface area contributed by atoms with Crippen LogP contribution in [0.2, 0.25) is 5.02 Å². The minimum atomic E-state index is -2.86. The van der Waals surface area contributed by atoms with Crippen molar-refractivity contribution in [2.45, 2.75) is 19.7 Å². The van der Waals surface area contributed by atoms with Gasteiger partial charge in [-0.2, -0.15) is 8.78 Å². The van der Waals surface area contributed by atoms with Crippen LogP contribution in [-0.4, -0.2) is 28.5 Å². The second-order valence-electron chi connectivity index (χ2n) is 5.87. The summed E-state index contributed by atoms with van der Waals surface area (Å²) in [6.07, 6.45) is 0. The third-order valence-electron chi connectivity index (χ3n) is 3.71. The molecule has 1 N–H and O–H groups in total. The van der Waals surface area contributed by atoms with Gasteiger partial charge in [-0.05, 0) is 42.9 Å². The number of halogens is 3. The van der Waals surface area contributed by atoms with Crippen molar-refractivity contribution in [1.29, 1.82) is 0 Å². The Morgan fingerprint density at radius 2 is 2.04 bits per heavy atom. The number of hydrogen-bond acceptors (Lipinski definition) is 4. The molecule has 1 heterocycles. The van der Waals surface area contributed by atoms with E-state index in [2.05, 4.69) is 14.7 Å². The highest BCUT2D eigenvalue weighted by molar-refractivity contribution is 6.31. The fourth-order valence-corrected chi connectivity index (χ4v) is 2.85. The summed E-state index contributed by atoms with van der Waals surface area (Å²) in [6, 6.07) is 11.4. The maximum Gasteiger partial charge on any atom is 0.387 e. The second-order valence-corrected chi connectivity index (χ2v) is 6.31. The fraction of sp³-hybridized carbons (Fsp3) is 0.222. The molecule has 3 rings (SSSR count). The molecule has 2 aromatic carbocycles. The lowest BCUT2D eigenvalue weighted by Gasteiger charge is -2.17. The molecule has 0 fully saturated rings. The molecule has 3 aromatic rings. The Labute approximate surface area is 153 Å². The summed E-state index contributed by atoms with van der Waals surface area (Å²) in [5, 5.41) is 0.904. The van der Waals surface area contributed by atoms with E-state index in [-0.39, 0.29) is 11.3 Å². The van der Waals surface area contributed by atoms with Gasteiger partial charge in [-0.3, -0.25) is 9.69 Å². The van der Waals surface area contributed by atoms with E-state index >= 15 is 0 Å². The first-order chi connectivity index (χ1) is 12.4. The number of nitrogens with zero attached hydrogens (tertiary/aromatic N) is 2. The van der Waals surface area contributed by atoms with Gasteiger partial charge in [0.15, 0.2) is 0 Å². The second kappa shape index (κ2) is 7.80. The van der Waals surface area contributed by atoms with Crippen molar-refractivity contribution in [3.8, 4) is 5.75 Å². The zero-order valence-electron chi connectivity index (χ0n) is 13.9. The Morgan fingerprint density at radius 3 is 2.81 bits per heavy atom. The summed E-state index contributed by atoms with van der Waals surface area (Å²) in [6.45, 7) is -2.00. The highest BCUT2D eigenvalue weighted by atomic mass is 35.5. The van der Waals surface area contributed by atoms with E-state index in [9.17, 15) is 13.6 Å². The van der Waals surface area contributed by atoms with Crippen LogP contribution in [0.15, 0.2) is 47.3 Å². The first-order valence-electron chi connectivity index (χ1n) is 7.81. The minimum absolute atomic E-state index is 0.111. The molecule has 0 spiro atoms. The smallest absolute Gasteiger partial charge is 0.387 e. The summed E-state index contributed by atoms with van der Waals surface area (Å²) >= 11 is 5.90. The summed E-state index contributed by atoms with van der Waals surface area (Å²) in [5.41, 5.74) is 1.11. The molecule has 0 radical (unpaired) electrons. The number of aromatic amines is 1. The third kappa shape index (κ3) is 4.56. The quantitative estimate of drug-likeness (QED) is 0.707. The van der Waals surface area contributed by atoms with Gasteiger partial charge < -0.3 is 9.72 Å². The topological polar surface area (TPSA) is 58.2 Å². The monoisotopic (exact) mass is 379 g/mol. The van der Waals surface area contributed by atoms with Gasteiger partial charge >= 0.3 is 6.61 Å². The number of hydrogen-bond donors (Lipinski definition) is 1. The molecule has 0 bridgehead atoms. The van der Waals surface area contributed by atoms with Gasteiger partial charge in [0.25, 0.3) is 5.56 Å². The molecule has 0 saturated heterocycles. The first kappa shape index (κ1) is 18.3. The van der Waals surface area contributed by atoms with Crippen LogP contribution < -0.4 is 10.3 Å². The Balaban J connectivity index is 1.74. The lowest BCUT2D eigenvalue weighted by atomic mass is 10.2. The van der Waals surface area contributed by atoms with Crippen molar-refractivity contribution in [2.24, 2.45) is 0 Å². The number of benzene rings is 2. The maximum absolute atomic E-state index is 12.3. The molecule has 8 heteroatoms. The fourth-order valence-electron chi connectivity index (χ4n) is 2.68. The van der Waals surface area contributed by atoms with Crippen LogP contribution in [0.4, 0.5) is 8.78 Å². The average Bonchev–Trinajstić information content (AvgIpc) is 2.55. The van der Waals surface area contributed by atoms with Crippen molar-refractivity contribution in [2.75, 3.05) is 7.05 Å². The van der Waals surface area contributed by atoms with Gasteiger partial charge in [0.05, 0.1) is 17.4 Å². The van der Waals surface area contributed by atoms with E-state index in [0.717, 1.165) is 5.56 Å². The number of fused-ring (bicyclic) bond motifs is 1. The lowest BCUT2D eigenvalue weighted by Crippen LogP contribution is -2.22. The normalized spacial score (nSPS) is 11.5. The minimum Gasteiger partial charge on any atom is -0.435 e. The van der Waals surface area contributed by atoms with Crippen molar-refractivity contribution in [3.63, 3.8) is 0 Å². The first-order valence-corrected chi connectivity index (χ1v) is 8.19. The van der Waals surface area contributed by atoms with Gasteiger partial charge in [-0.25, -0.2) is 4.98 Å². The predicted octanol–water partition coefficient (Wildman–Crippen LogP) is 3.81. The summed E-state index contributed by atoms with van der Waals surface area (Å²) in [7, 11) is 1.84. The molecule has 26 heavy (non-hydrogen) atoms. The molecular formula is C18H16ClF2N3O2. The van der Waals surface area contributed by atoms with Gasteiger partial charge in [0.1, 0.15) is 11.6 Å². The predicted molar refractivity (Wildman–Crippen MR) is 95.6 cm³/mol. The largest absolute Gasteiger partial charge is 0.435 e. The molecule has 0 amide bonds. The standard InChI is InChI=1S/C18H16ClF2N3O2/c1-24(9-11-3-2-4-13(7-11)26-18(20)21)10-16-22-15-6-5-12(19)8-14(15)17(25)23-16/h2-8,18H,9-10H2,1H3,(H,22,23,25). The molecule has 0 atom stereocenters. The van der Waals surface area contributed by atoms with Crippen LogP contribution in [0.1, 0.15) is 11.4 Å². The Morgan fingerprint density at radius 1 is 1.23 bits per heavy atom. The summed E-state index contributed by atoms with van der Waals surface area (Å²) in [4.78, 5) is 21.3. The highest BCUT2D eigenvalue weighted by Gasteiger charge is 2.09. The van der Waals surface area contributed by atoms with Crippen molar-refractivity contribution < 1.29 is 13.5 Å². The molecule has 0 aliphatic heterocycles. The van der Waals surface area contributed by atoms with Gasteiger partial charge in [0, 0.05) is 11.6 Å². The van der Waals surface area contributed by atoms with Gasteiger partial charge in [-0.1, -0.05) is 23.7 Å².